The summed E-state index contributed by atoms with van der Waals surface area (Å²) in [5.74, 6) is -1.21. The standard InChI is InChI=1S/C20H21N3O2/c1-14-5-4-6-15(11-14)12-23-20(25)19(24)21-10-9-16-13-22-18-8-3-2-7-17(16)18/h2-8,11,13,22H,9-10,12H2,1H3,(H,21,24)(H,23,25). The van der Waals surface area contributed by atoms with E-state index in [0.717, 1.165) is 27.6 Å². The van der Waals surface area contributed by atoms with Crippen LogP contribution in [0.2, 0.25) is 0 Å². The van der Waals surface area contributed by atoms with Crippen molar-refractivity contribution in [3.63, 3.8) is 0 Å². The van der Waals surface area contributed by atoms with Gasteiger partial charge in [-0.2, -0.15) is 0 Å². The van der Waals surface area contributed by atoms with Gasteiger partial charge in [0, 0.05) is 30.2 Å². The SMILES string of the molecule is Cc1cccc(CNC(=O)C(=O)NCCc2c[nH]c3ccccc23)c1. The first-order chi connectivity index (χ1) is 12.1. The van der Waals surface area contributed by atoms with Crippen molar-refractivity contribution in [2.45, 2.75) is 19.9 Å². The summed E-state index contributed by atoms with van der Waals surface area (Å²) >= 11 is 0. The van der Waals surface area contributed by atoms with Gasteiger partial charge < -0.3 is 15.6 Å². The molecule has 3 rings (SSSR count). The molecule has 3 aromatic rings. The Hall–Kier alpha value is -3.08. The number of amides is 2. The highest BCUT2D eigenvalue weighted by Gasteiger charge is 2.12. The van der Waals surface area contributed by atoms with Crippen molar-refractivity contribution >= 4 is 22.7 Å². The van der Waals surface area contributed by atoms with Gasteiger partial charge in [-0.3, -0.25) is 9.59 Å². The summed E-state index contributed by atoms with van der Waals surface area (Å²) in [6.07, 6.45) is 2.61. The third-order valence-electron chi connectivity index (χ3n) is 4.10. The van der Waals surface area contributed by atoms with E-state index < -0.39 is 11.8 Å². The average molecular weight is 335 g/mol. The highest BCUT2D eigenvalue weighted by atomic mass is 16.2. The summed E-state index contributed by atoms with van der Waals surface area (Å²) in [6, 6.07) is 15.8. The Morgan fingerprint density at radius 2 is 1.80 bits per heavy atom. The van der Waals surface area contributed by atoms with E-state index in [-0.39, 0.29) is 0 Å². The number of aromatic nitrogens is 1. The molecule has 0 atom stereocenters. The number of carbonyl (C=O) groups is 2. The molecule has 5 nitrogen and oxygen atoms in total. The van der Waals surface area contributed by atoms with Gasteiger partial charge in [0.25, 0.3) is 0 Å². The van der Waals surface area contributed by atoms with Crippen LogP contribution in [-0.4, -0.2) is 23.3 Å². The summed E-state index contributed by atoms with van der Waals surface area (Å²) in [7, 11) is 0. The fraction of sp³-hybridized carbons (Fsp3) is 0.200. The zero-order valence-corrected chi connectivity index (χ0v) is 14.1. The predicted molar refractivity (Wildman–Crippen MR) is 98.0 cm³/mol. The molecular weight excluding hydrogens is 314 g/mol. The summed E-state index contributed by atoms with van der Waals surface area (Å²) in [5.41, 5.74) is 4.28. The van der Waals surface area contributed by atoms with Gasteiger partial charge in [0.1, 0.15) is 0 Å². The largest absolute Gasteiger partial charge is 0.361 e. The van der Waals surface area contributed by atoms with Gasteiger partial charge >= 0.3 is 11.8 Å². The fourth-order valence-electron chi connectivity index (χ4n) is 2.81. The van der Waals surface area contributed by atoms with Gasteiger partial charge in [-0.25, -0.2) is 0 Å². The van der Waals surface area contributed by atoms with Gasteiger partial charge in [-0.15, -0.1) is 0 Å². The number of aryl methyl sites for hydroxylation is 1. The first kappa shape index (κ1) is 16.8. The lowest BCUT2D eigenvalue weighted by atomic mass is 10.1. The van der Waals surface area contributed by atoms with Gasteiger partial charge in [-0.05, 0) is 30.5 Å². The normalized spacial score (nSPS) is 10.6. The van der Waals surface area contributed by atoms with Crippen LogP contribution < -0.4 is 10.6 Å². The molecule has 25 heavy (non-hydrogen) atoms. The first-order valence-corrected chi connectivity index (χ1v) is 8.30. The van der Waals surface area contributed by atoms with Crippen LogP contribution in [0.25, 0.3) is 10.9 Å². The molecule has 0 aliphatic rings. The third-order valence-corrected chi connectivity index (χ3v) is 4.10. The molecule has 1 aromatic heterocycles. The Balaban J connectivity index is 1.46. The molecule has 0 saturated carbocycles. The third kappa shape index (κ3) is 4.26. The van der Waals surface area contributed by atoms with E-state index in [1.54, 1.807) is 0 Å². The predicted octanol–water partition coefficient (Wildman–Crippen LogP) is 2.45. The summed E-state index contributed by atoms with van der Waals surface area (Å²) in [5, 5.41) is 6.45. The lowest BCUT2D eigenvalue weighted by Gasteiger charge is -2.07. The Kier molecular flexibility index (Phi) is 5.14. The number of carbonyl (C=O) groups excluding carboxylic acids is 2. The van der Waals surface area contributed by atoms with E-state index >= 15 is 0 Å². The molecule has 2 amide bonds. The molecule has 3 N–H and O–H groups in total. The van der Waals surface area contributed by atoms with Crippen LogP contribution in [0.3, 0.4) is 0 Å². The zero-order valence-electron chi connectivity index (χ0n) is 14.1. The minimum atomic E-state index is -0.611. The van der Waals surface area contributed by atoms with Crippen LogP contribution >= 0.6 is 0 Å². The van der Waals surface area contributed by atoms with E-state index in [4.69, 9.17) is 0 Å². The van der Waals surface area contributed by atoms with Crippen molar-refractivity contribution in [3.05, 3.63) is 71.4 Å². The highest BCUT2D eigenvalue weighted by molar-refractivity contribution is 6.35. The summed E-state index contributed by atoms with van der Waals surface area (Å²) in [4.78, 5) is 27.0. The van der Waals surface area contributed by atoms with Crippen molar-refractivity contribution < 1.29 is 9.59 Å². The maximum Gasteiger partial charge on any atom is 0.309 e. The van der Waals surface area contributed by atoms with Gasteiger partial charge in [0.15, 0.2) is 0 Å². The minimum Gasteiger partial charge on any atom is -0.361 e. The number of fused-ring (bicyclic) bond motifs is 1. The Morgan fingerprint density at radius 1 is 1.00 bits per heavy atom. The van der Waals surface area contributed by atoms with Gasteiger partial charge in [0.05, 0.1) is 0 Å². The van der Waals surface area contributed by atoms with E-state index in [1.165, 1.54) is 0 Å². The molecule has 0 unspecified atom stereocenters. The van der Waals surface area contributed by atoms with Crippen LogP contribution in [-0.2, 0) is 22.6 Å². The molecule has 1 heterocycles. The number of hydrogen-bond donors (Lipinski definition) is 3. The zero-order chi connectivity index (χ0) is 17.6. The quantitative estimate of drug-likeness (QED) is 0.627. The first-order valence-electron chi connectivity index (χ1n) is 8.30. The number of rotatable bonds is 5. The number of aromatic amines is 1. The Bertz CT molecular complexity index is 899. The monoisotopic (exact) mass is 335 g/mol. The second kappa shape index (κ2) is 7.66. The summed E-state index contributed by atoms with van der Waals surface area (Å²) < 4.78 is 0. The maximum absolute atomic E-state index is 11.9. The number of benzene rings is 2. The second-order valence-electron chi connectivity index (χ2n) is 6.04. The number of hydrogen-bond acceptors (Lipinski definition) is 2. The number of H-pyrrole nitrogens is 1. The molecule has 0 saturated heterocycles. The van der Waals surface area contributed by atoms with Crippen molar-refractivity contribution in [3.8, 4) is 0 Å². The van der Waals surface area contributed by atoms with Crippen molar-refractivity contribution in [1.82, 2.24) is 15.6 Å². The number of nitrogens with one attached hydrogen (secondary N) is 3. The topological polar surface area (TPSA) is 74.0 Å². The molecule has 0 radical (unpaired) electrons. The fourth-order valence-corrected chi connectivity index (χ4v) is 2.81. The van der Waals surface area contributed by atoms with Crippen molar-refractivity contribution in [2.24, 2.45) is 0 Å². The molecule has 0 fully saturated rings. The van der Waals surface area contributed by atoms with E-state index in [0.29, 0.717) is 19.5 Å². The lowest BCUT2D eigenvalue weighted by Crippen LogP contribution is -2.40. The molecule has 0 spiro atoms. The molecule has 0 bridgehead atoms. The molecule has 0 aliphatic carbocycles. The van der Waals surface area contributed by atoms with E-state index in [9.17, 15) is 9.59 Å². The maximum atomic E-state index is 11.9. The average Bonchev–Trinajstić information content (AvgIpc) is 3.03. The van der Waals surface area contributed by atoms with Gasteiger partial charge in [-0.1, -0.05) is 48.0 Å². The summed E-state index contributed by atoms with van der Waals surface area (Å²) in [6.45, 7) is 2.75. The van der Waals surface area contributed by atoms with Crippen molar-refractivity contribution in [2.75, 3.05) is 6.54 Å². The Morgan fingerprint density at radius 3 is 2.64 bits per heavy atom. The van der Waals surface area contributed by atoms with E-state index in [1.807, 2.05) is 61.7 Å². The molecule has 0 aliphatic heterocycles. The highest BCUT2D eigenvalue weighted by Crippen LogP contribution is 2.17. The molecule has 2 aromatic carbocycles. The van der Waals surface area contributed by atoms with Gasteiger partial charge in [0.2, 0.25) is 0 Å². The smallest absolute Gasteiger partial charge is 0.309 e. The second-order valence-corrected chi connectivity index (χ2v) is 6.04. The number of para-hydroxylation sites is 1. The molecular formula is C20H21N3O2. The minimum absolute atomic E-state index is 0.344. The van der Waals surface area contributed by atoms with Crippen molar-refractivity contribution in [1.29, 1.82) is 0 Å². The van der Waals surface area contributed by atoms with Crippen LogP contribution in [0.15, 0.2) is 54.7 Å². The van der Waals surface area contributed by atoms with E-state index in [2.05, 4.69) is 15.6 Å². The van der Waals surface area contributed by atoms with Crippen LogP contribution in [0.4, 0.5) is 0 Å². The Labute approximate surface area is 146 Å². The van der Waals surface area contributed by atoms with Crippen LogP contribution in [0.1, 0.15) is 16.7 Å². The molecule has 5 heteroatoms. The molecule has 128 valence electrons. The van der Waals surface area contributed by atoms with Crippen LogP contribution in [0, 0.1) is 6.92 Å². The van der Waals surface area contributed by atoms with Crippen LogP contribution in [0.5, 0.6) is 0 Å². The lowest BCUT2D eigenvalue weighted by molar-refractivity contribution is -0.139.